The highest BCUT2D eigenvalue weighted by Crippen LogP contribution is 2.34. The van der Waals surface area contributed by atoms with Gasteiger partial charge in [-0.3, -0.25) is 0 Å². The largest absolute Gasteiger partial charge is 0.399 e. The van der Waals surface area contributed by atoms with Gasteiger partial charge in [-0.05, 0) is 54.3 Å². The van der Waals surface area contributed by atoms with E-state index >= 15 is 0 Å². The normalized spacial score (nSPS) is 12.7. The number of benzene rings is 1. The predicted molar refractivity (Wildman–Crippen MR) is 88.8 cm³/mol. The molecule has 2 aromatic rings. The summed E-state index contributed by atoms with van der Waals surface area (Å²) in [4.78, 5) is 0. The van der Waals surface area contributed by atoms with Crippen LogP contribution in [0.4, 0.5) is 5.69 Å². The molecule has 0 bridgehead atoms. The van der Waals surface area contributed by atoms with Crippen LogP contribution in [0.5, 0.6) is 0 Å². The van der Waals surface area contributed by atoms with Gasteiger partial charge in [-0.1, -0.05) is 36.7 Å². The molecule has 0 aliphatic heterocycles. The van der Waals surface area contributed by atoms with Gasteiger partial charge >= 0.3 is 0 Å². The number of nitrogens with zero attached hydrogens (tertiary/aromatic N) is 4. The molecule has 1 heterocycles. The highest BCUT2D eigenvalue weighted by Gasteiger charge is 2.31. The van der Waals surface area contributed by atoms with Gasteiger partial charge in [0.1, 0.15) is 0 Å². The number of hydrogen-bond donors (Lipinski definition) is 1. The van der Waals surface area contributed by atoms with Crippen LogP contribution in [0.25, 0.3) is 11.4 Å². The molecule has 1 aromatic heterocycles. The van der Waals surface area contributed by atoms with Crippen molar-refractivity contribution in [2.45, 2.75) is 46.6 Å². The number of nitrogen functional groups attached to an aromatic ring is 1. The lowest BCUT2D eigenvalue weighted by Gasteiger charge is -2.32. The summed E-state index contributed by atoms with van der Waals surface area (Å²) in [6.07, 6.45) is 0.960. The molecule has 0 fully saturated rings. The quantitative estimate of drug-likeness (QED) is 0.852. The molecule has 0 aliphatic rings. The van der Waals surface area contributed by atoms with E-state index in [0.717, 1.165) is 22.3 Å². The van der Waals surface area contributed by atoms with Crippen molar-refractivity contribution in [3.8, 4) is 11.4 Å². The molecule has 2 rings (SSSR count). The van der Waals surface area contributed by atoms with E-state index in [1.54, 1.807) is 0 Å². The molecule has 0 atom stereocenters. The maximum absolute atomic E-state index is 5.92. The first-order chi connectivity index (χ1) is 9.58. The Morgan fingerprint density at radius 2 is 1.81 bits per heavy atom. The molecule has 0 aliphatic carbocycles. The maximum atomic E-state index is 5.92. The average Bonchev–Trinajstić information content (AvgIpc) is 2.73. The summed E-state index contributed by atoms with van der Waals surface area (Å²) in [5.41, 5.74) is 7.51. The van der Waals surface area contributed by atoms with Gasteiger partial charge in [-0.2, -0.15) is 0 Å². The van der Waals surface area contributed by atoms with Crippen molar-refractivity contribution in [1.82, 2.24) is 20.2 Å². The standard InChI is InChI=1S/C15H22BrN5/c1-14(2,3)9-15(4,5)21-13(18-19-20-21)10-6-11(16)8-12(17)7-10/h6-8H,9,17H2,1-5H3. The first kappa shape index (κ1) is 15.9. The van der Waals surface area contributed by atoms with Gasteiger partial charge in [-0.25, -0.2) is 4.68 Å². The fourth-order valence-corrected chi connectivity index (χ4v) is 3.40. The van der Waals surface area contributed by atoms with Crippen molar-refractivity contribution in [2.75, 3.05) is 5.73 Å². The van der Waals surface area contributed by atoms with Crippen LogP contribution in [0.2, 0.25) is 0 Å². The Morgan fingerprint density at radius 1 is 1.14 bits per heavy atom. The van der Waals surface area contributed by atoms with Gasteiger partial charge in [0, 0.05) is 15.7 Å². The van der Waals surface area contributed by atoms with Gasteiger partial charge in [0.05, 0.1) is 5.54 Å². The summed E-state index contributed by atoms with van der Waals surface area (Å²) < 4.78 is 2.81. The minimum atomic E-state index is -0.186. The topological polar surface area (TPSA) is 69.6 Å². The lowest BCUT2D eigenvalue weighted by molar-refractivity contribution is 0.197. The smallest absolute Gasteiger partial charge is 0.182 e. The zero-order chi connectivity index (χ0) is 15.8. The molecule has 0 saturated carbocycles. The Hall–Kier alpha value is -1.43. The molecular weight excluding hydrogens is 330 g/mol. The second kappa shape index (κ2) is 5.40. The van der Waals surface area contributed by atoms with Gasteiger partial charge < -0.3 is 5.73 Å². The van der Waals surface area contributed by atoms with Crippen LogP contribution in [-0.4, -0.2) is 20.2 Å². The molecule has 1 aromatic carbocycles. The van der Waals surface area contributed by atoms with Crippen molar-refractivity contribution in [3.63, 3.8) is 0 Å². The van der Waals surface area contributed by atoms with Crippen LogP contribution >= 0.6 is 15.9 Å². The van der Waals surface area contributed by atoms with Gasteiger partial charge in [-0.15, -0.1) is 5.10 Å². The summed E-state index contributed by atoms with van der Waals surface area (Å²) in [7, 11) is 0. The summed E-state index contributed by atoms with van der Waals surface area (Å²) in [5.74, 6) is 0.734. The third kappa shape index (κ3) is 3.81. The predicted octanol–water partition coefficient (Wildman–Crippen LogP) is 3.86. The van der Waals surface area contributed by atoms with Crippen molar-refractivity contribution < 1.29 is 0 Å². The van der Waals surface area contributed by atoms with E-state index in [1.165, 1.54) is 0 Å². The molecule has 6 heteroatoms. The first-order valence-corrected chi connectivity index (χ1v) is 7.73. The molecule has 0 unspecified atom stereocenters. The minimum absolute atomic E-state index is 0.184. The van der Waals surface area contributed by atoms with E-state index in [1.807, 2.05) is 22.9 Å². The molecule has 0 amide bonds. The minimum Gasteiger partial charge on any atom is -0.399 e. The molecular formula is C15H22BrN5. The molecule has 5 nitrogen and oxygen atoms in total. The monoisotopic (exact) mass is 351 g/mol. The second-order valence-corrected chi connectivity index (χ2v) is 8.15. The number of rotatable bonds is 3. The van der Waals surface area contributed by atoms with Crippen molar-refractivity contribution in [3.05, 3.63) is 22.7 Å². The van der Waals surface area contributed by atoms with Gasteiger partial charge in [0.25, 0.3) is 0 Å². The number of aromatic nitrogens is 4. The summed E-state index contributed by atoms with van der Waals surface area (Å²) in [6, 6.07) is 5.73. The van der Waals surface area contributed by atoms with Crippen molar-refractivity contribution in [2.24, 2.45) is 5.41 Å². The zero-order valence-corrected chi connectivity index (χ0v) is 14.8. The summed E-state index contributed by atoms with van der Waals surface area (Å²) in [5, 5.41) is 12.3. The van der Waals surface area contributed by atoms with E-state index in [2.05, 4.69) is 66.1 Å². The Morgan fingerprint density at radius 3 is 2.38 bits per heavy atom. The SMILES string of the molecule is CC(C)(C)CC(C)(C)n1nnnc1-c1cc(N)cc(Br)c1. The first-order valence-electron chi connectivity index (χ1n) is 6.94. The van der Waals surface area contributed by atoms with E-state index in [9.17, 15) is 0 Å². The van der Waals surface area contributed by atoms with E-state index in [-0.39, 0.29) is 11.0 Å². The van der Waals surface area contributed by atoms with Crippen molar-refractivity contribution >= 4 is 21.6 Å². The summed E-state index contributed by atoms with van der Waals surface area (Å²) >= 11 is 3.46. The lowest BCUT2D eigenvalue weighted by Crippen LogP contribution is -2.33. The Balaban J connectivity index is 2.47. The van der Waals surface area contributed by atoms with Gasteiger partial charge in [0.2, 0.25) is 0 Å². The molecule has 0 saturated heterocycles. The second-order valence-electron chi connectivity index (χ2n) is 7.24. The van der Waals surface area contributed by atoms with Crippen LogP contribution in [0.3, 0.4) is 0 Å². The van der Waals surface area contributed by atoms with E-state index in [0.29, 0.717) is 5.69 Å². The molecule has 21 heavy (non-hydrogen) atoms. The Kier molecular flexibility index (Phi) is 4.10. The number of tetrazole rings is 1. The lowest BCUT2D eigenvalue weighted by atomic mass is 9.82. The molecule has 0 spiro atoms. The highest BCUT2D eigenvalue weighted by molar-refractivity contribution is 9.10. The summed E-state index contributed by atoms with van der Waals surface area (Å²) in [6.45, 7) is 11.0. The Labute approximate surface area is 134 Å². The highest BCUT2D eigenvalue weighted by atomic mass is 79.9. The van der Waals surface area contributed by atoms with Crippen molar-refractivity contribution in [1.29, 1.82) is 0 Å². The number of hydrogen-bond acceptors (Lipinski definition) is 4. The Bertz CT molecular complexity index is 620. The van der Waals surface area contributed by atoms with E-state index in [4.69, 9.17) is 5.73 Å². The number of nitrogens with two attached hydrogens (primary N) is 1. The third-order valence-electron chi connectivity index (χ3n) is 3.18. The van der Waals surface area contributed by atoms with Gasteiger partial charge in [0.15, 0.2) is 5.82 Å². The maximum Gasteiger partial charge on any atom is 0.182 e. The number of anilines is 1. The fraction of sp³-hybridized carbons (Fsp3) is 0.533. The van der Waals surface area contributed by atoms with Crippen LogP contribution in [0, 0.1) is 5.41 Å². The zero-order valence-electron chi connectivity index (χ0n) is 13.2. The van der Waals surface area contributed by atoms with Crippen LogP contribution in [0.1, 0.15) is 41.0 Å². The average molecular weight is 352 g/mol. The van der Waals surface area contributed by atoms with Crippen LogP contribution < -0.4 is 5.73 Å². The third-order valence-corrected chi connectivity index (χ3v) is 3.64. The van der Waals surface area contributed by atoms with E-state index < -0.39 is 0 Å². The fourth-order valence-electron chi connectivity index (χ4n) is 2.89. The number of halogens is 1. The van der Waals surface area contributed by atoms with Crippen LogP contribution in [0.15, 0.2) is 22.7 Å². The van der Waals surface area contributed by atoms with Crippen LogP contribution in [-0.2, 0) is 5.54 Å². The molecule has 2 N–H and O–H groups in total. The molecule has 0 radical (unpaired) electrons. The molecule has 114 valence electrons.